The Hall–Kier alpha value is -1.72. The number of hydrogen-bond donors (Lipinski definition) is 1. The van der Waals surface area contributed by atoms with Gasteiger partial charge < -0.3 is 5.32 Å². The largest absolute Gasteiger partial charge is 0.322 e. The number of amides is 1. The second-order valence-corrected chi connectivity index (χ2v) is 7.87. The Morgan fingerprint density at radius 1 is 1.22 bits per heavy atom. The van der Waals surface area contributed by atoms with Crippen LogP contribution in [0.3, 0.4) is 0 Å². The molecule has 0 spiro atoms. The van der Waals surface area contributed by atoms with Crippen LogP contribution in [0.1, 0.15) is 28.1 Å². The van der Waals surface area contributed by atoms with Crippen LogP contribution in [0.25, 0.3) is 0 Å². The summed E-state index contributed by atoms with van der Waals surface area (Å²) in [6, 6.07) is 17.3. The Balaban J connectivity index is 1.68. The van der Waals surface area contributed by atoms with Gasteiger partial charge in [-0.2, -0.15) is 0 Å². The topological polar surface area (TPSA) is 41.5 Å². The molecule has 1 amide bonds. The highest BCUT2D eigenvalue weighted by Crippen LogP contribution is 2.35. The maximum atomic E-state index is 12.2. The first-order valence-electron chi connectivity index (χ1n) is 7.52. The molecule has 0 bridgehead atoms. The van der Waals surface area contributed by atoms with Crippen LogP contribution in [0.15, 0.2) is 59.6 Å². The van der Waals surface area contributed by atoms with Gasteiger partial charge in [-0.25, -0.2) is 0 Å². The highest BCUT2D eigenvalue weighted by atomic mass is 32.2. The molecule has 2 aromatic rings. The minimum atomic E-state index is -0.0845. The Morgan fingerprint density at radius 3 is 2.78 bits per heavy atom. The molecule has 1 heterocycles. The zero-order valence-corrected chi connectivity index (χ0v) is 14.5. The molecule has 0 saturated carbocycles. The summed E-state index contributed by atoms with van der Waals surface area (Å²) in [4.78, 5) is 16.7. The normalized spacial score (nSPS) is 15.1. The molecule has 2 aromatic carbocycles. The molecular formula is C18H18N2OS2. The SMILES string of the molecule is CC(SC1=NCCS1)c1cccc(NC(=O)c2ccccc2)c1. The zero-order valence-electron chi connectivity index (χ0n) is 12.9. The van der Waals surface area contributed by atoms with Crippen LogP contribution in [-0.2, 0) is 0 Å². The lowest BCUT2D eigenvalue weighted by molar-refractivity contribution is 0.102. The van der Waals surface area contributed by atoms with E-state index in [1.807, 2.05) is 60.3 Å². The van der Waals surface area contributed by atoms with Gasteiger partial charge in [0.15, 0.2) is 0 Å². The Bertz CT molecular complexity index is 716. The maximum absolute atomic E-state index is 12.2. The van der Waals surface area contributed by atoms with Crippen molar-refractivity contribution in [1.82, 2.24) is 0 Å². The Morgan fingerprint density at radius 2 is 2.04 bits per heavy atom. The summed E-state index contributed by atoms with van der Waals surface area (Å²) in [5.41, 5.74) is 2.68. The van der Waals surface area contributed by atoms with Crippen LogP contribution in [-0.4, -0.2) is 22.6 Å². The second kappa shape index (κ2) is 7.70. The zero-order chi connectivity index (χ0) is 16.1. The number of nitrogens with one attached hydrogen (secondary N) is 1. The number of carbonyl (C=O) groups excluding carboxylic acids is 1. The summed E-state index contributed by atoms with van der Waals surface area (Å²) in [5.74, 6) is 1.00. The highest BCUT2D eigenvalue weighted by Gasteiger charge is 2.14. The molecule has 23 heavy (non-hydrogen) atoms. The van der Waals surface area contributed by atoms with Gasteiger partial charge >= 0.3 is 0 Å². The van der Waals surface area contributed by atoms with Crippen molar-refractivity contribution in [2.45, 2.75) is 12.2 Å². The Kier molecular flexibility index (Phi) is 5.41. The smallest absolute Gasteiger partial charge is 0.255 e. The predicted molar refractivity (Wildman–Crippen MR) is 102 cm³/mol. The van der Waals surface area contributed by atoms with Crippen LogP contribution in [0.4, 0.5) is 5.69 Å². The molecule has 0 radical (unpaired) electrons. The molecule has 5 heteroatoms. The lowest BCUT2D eigenvalue weighted by Crippen LogP contribution is -2.11. The van der Waals surface area contributed by atoms with Gasteiger partial charge in [-0.1, -0.05) is 53.9 Å². The van der Waals surface area contributed by atoms with Crippen molar-refractivity contribution in [3.05, 3.63) is 65.7 Å². The highest BCUT2D eigenvalue weighted by molar-refractivity contribution is 8.39. The third kappa shape index (κ3) is 4.39. The molecule has 0 aliphatic carbocycles. The summed E-state index contributed by atoms with van der Waals surface area (Å²) in [7, 11) is 0. The van der Waals surface area contributed by atoms with Gasteiger partial charge in [-0.05, 0) is 36.8 Å². The van der Waals surface area contributed by atoms with E-state index in [4.69, 9.17) is 0 Å². The molecule has 118 valence electrons. The molecule has 0 fully saturated rings. The quantitative estimate of drug-likeness (QED) is 0.865. The molecule has 1 aliphatic rings. The van der Waals surface area contributed by atoms with E-state index in [-0.39, 0.29) is 5.91 Å². The fraction of sp³-hybridized carbons (Fsp3) is 0.222. The number of hydrogen-bond acceptors (Lipinski definition) is 4. The molecule has 1 N–H and O–H groups in total. The van der Waals surface area contributed by atoms with Crippen molar-refractivity contribution in [2.24, 2.45) is 4.99 Å². The summed E-state index contributed by atoms with van der Waals surface area (Å²) >= 11 is 3.61. The number of benzene rings is 2. The summed E-state index contributed by atoms with van der Waals surface area (Å²) in [6.45, 7) is 3.09. The molecular weight excluding hydrogens is 324 g/mol. The van der Waals surface area contributed by atoms with Crippen LogP contribution < -0.4 is 5.32 Å². The van der Waals surface area contributed by atoms with Gasteiger partial charge in [-0.3, -0.25) is 9.79 Å². The molecule has 0 saturated heterocycles. The van der Waals surface area contributed by atoms with E-state index in [1.54, 1.807) is 11.8 Å². The summed E-state index contributed by atoms with van der Waals surface area (Å²) < 4.78 is 1.16. The van der Waals surface area contributed by atoms with E-state index in [1.165, 1.54) is 5.56 Å². The lowest BCUT2D eigenvalue weighted by Gasteiger charge is -2.13. The minimum absolute atomic E-state index is 0.0845. The van der Waals surface area contributed by atoms with Crippen LogP contribution >= 0.6 is 23.5 Å². The van der Waals surface area contributed by atoms with Crippen molar-refractivity contribution in [3.8, 4) is 0 Å². The van der Waals surface area contributed by atoms with E-state index in [9.17, 15) is 4.79 Å². The van der Waals surface area contributed by atoms with E-state index in [0.717, 1.165) is 22.4 Å². The van der Waals surface area contributed by atoms with Gasteiger partial charge in [-0.15, -0.1) is 0 Å². The first-order chi connectivity index (χ1) is 11.2. The van der Waals surface area contributed by atoms with Crippen molar-refractivity contribution in [2.75, 3.05) is 17.6 Å². The maximum Gasteiger partial charge on any atom is 0.255 e. The van der Waals surface area contributed by atoms with Gasteiger partial charge in [0, 0.05) is 22.3 Å². The number of nitrogens with zero attached hydrogens (tertiary/aromatic N) is 1. The van der Waals surface area contributed by atoms with Crippen molar-refractivity contribution >= 4 is 39.5 Å². The standard InChI is InChI=1S/C18H18N2OS2/c1-13(23-18-19-10-11-22-18)15-8-5-9-16(12-15)20-17(21)14-6-3-2-4-7-14/h2-9,12-13H,10-11H2,1H3,(H,20,21). The van der Waals surface area contributed by atoms with Crippen molar-refractivity contribution in [1.29, 1.82) is 0 Å². The number of aliphatic imine (C=N–C) groups is 1. The third-order valence-corrected chi connectivity index (χ3v) is 5.85. The van der Waals surface area contributed by atoms with Gasteiger partial charge in [0.05, 0.1) is 6.54 Å². The number of anilines is 1. The molecule has 0 aromatic heterocycles. The number of thioether (sulfide) groups is 2. The monoisotopic (exact) mass is 342 g/mol. The van der Waals surface area contributed by atoms with Crippen LogP contribution in [0, 0.1) is 0 Å². The van der Waals surface area contributed by atoms with E-state index in [2.05, 4.69) is 23.3 Å². The van der Waals surface area contributed by atoms with E-state index >= 15 is 0 Å². The summed E-state index contributed by atoms with van der Waals surface area (Å²) in [6.07, 6.45) is 0. The average molecular weight is 342 g/mol. The number of carbonyl (C=O) groups is 1. The molecule has 1 atom stereocenters. The van der Waals surface area contributed by atoms with Crippen molar-refractivity contribution < 1.29 is 4.79 Å². The van der Waals surface area contributed by atoms with Gasteiger partial charge in [0.2, 0.25) is 0 Å². The first kappa shape index (κ1) is 16.1. The fourth-order valence-electron chi connectivity index (χ4n) is 2.27. The Labute approximate surface area is 145 Å². The summed E-state index contributed by atoms with van der Waals surface area (Å²) in [5, 5.41) is 3.28. The number of rotatable bonds is 4. The van der Waals surface area contributed by atoms with Crippen LogP contribution in [0.5, 0.6) is 0 Å². The molecule has 3 rings (SSSR count). The molecule has 1 aliphatic heterocycles. The second-order valence-electron chi connectivity index (χ2n) is 5.20. The minimum Gasteiger partial charge on any atom is -0.322 e. The molecule has 1 unspecified atom stereocenters. The fourth-order valence-corrected chi connectivity index (χ4v) is 4.51. The first-order valence-corrected chi connectivity index (χ1v) is 9.39. The van der Waals surface area contributed by atoms with E-state index < -0.39 is 0 Å². The third-order valence-electron chi connectivity index (χ3n) is 3.49. The van der Waals surface area contributed by atoms with Gasteiger partial charge in [0.25, 0.3) is 5.91 Å². The predicted octanol–water partition coefficient (Wildman–Crippen LogP) is 4.84. The average Bonchev–Trinajstić information content (AvgIpc) is 3.09. The van der Waals surface area contributed by atoms with Crippen molar-refractivity contribution in [3.63, 3.8) is 0 Å². The molecule has 3 nitrogen and oxygen atoms in total. The lowest BCUT2D eigenvalue weighted by atomic mass is 10.1. The van der Waals surface area contributed by atoms with Crippen LogP contribution in [0.2, 0.25) is 0 Å². The van der Waals surface area contributed by atoms with E-state index in [0.29, 0.717) is 10.8 Å². The van der Waals surface area contributed by atoms with Gasteiger partial charge in [0.1, 0.15) is 4.38 Å².